The monoisotopic (exact) mass is 305 g/mol. The van der Waals surface area contributed by atoms with Crippen LogP contribution in [-0.2, 0) is 4.74 Å². The van der Waals surface area contributed by atoms with E-state index in [1.165, 1.54) is 0 Å². The van der Waals surface area contributed by atoms with Crippen molar-refractivity contribution in [3.8, 4) is 11.1 Å². The number of hydrogen-bond donors (Lipinski definition) is 1. The minimum atomic E-state index is -0.538. The SMILES string of the molecule is O=C(COC(=O)c1ccc[nH]1)c1ccc(-c2ccccc2)cc1. The first-order valence-electron chi connectivity index (χ1n) is 7.23. The van der Waals surface area contributed by atoms with Gasteiger partial charge in [0.15, 0.2) is 12.4 Å². The predicted molar refractivity (Wildman–Crippen MR) is 87.3 cm³/mol. The minimum absolute atomic E-state index is 0.232. The summed E-state index contributed by atoms with van der Waals surface area (Å²) in [5.74, 6) is -0.770. The van der Waals surface area contributed by atoms with Crippen LogP contribution in [-0.4, -0.2) is 23.3 Å². The highest BCUT2D eigenvalue weighted by Gasteiger charge is 2.12. The smallest absolute Gasteiger partial charge is 0.355 e. The molecule has 4 nitrogen and oxygen atoms in total. The van der Waals surface area contributed by atoms with E-state index in [1.54, 1.807) is 30.5 Å². The number of Topliss-reactive ketones (excluding diaryl/α,β-unsaturated/α-hetero) is 1. The second-order valence-electron chi connectivity index (χ2n) is 5.03. The van der Waals surface area contributed by atoms with Crippen molar-refractivity contribution in [3.05, 3.63) is 84.2 Å². The largest absolute Gasteiger partial charge is 0.453 e. The van der Waals surface area contributed by atoms with Crippen LogP contribution in [0, 0.1) is 0 Å². The molecular weight excluding hydrogens is 290 g/mol. The van der Waals surface area contributed by atoms with Gasteiger partial charge in [-0.15, -0.1) is 0 Å². The fraction of sp³-hybridized carbons (Fsp3) is 0.0526. The fourth-order valence-corrected chi connectivity index (χ4v) is 2.23. The second-order valence-corrected chi connectivity index (χ2v) is 5.03. The van der Waals surface area contributed by atoms with E-state index in [9.17, 15) is 9.59 Å². The maximum absolute atomic E-state index is 12.1. The zero-order valence-corrected chi connectivity index (χ0v) is 12.4. The van der Waals surface area contributed by atoms with Crippen molar-refractivity contribution in [2.75, 3.05) is 6.61 Å². The van der Waals surface area contributed by atoms with Gasteiger partial charge in [0.25, 0.3) is 0 Å². The number of rotatable bonds is 5. The Bertz CT molecular complexity index is 790. The lowest BCUT2D eigenvalue weighted by molar-refractivity contribution is 0.0469. The molecular formula is C19H15NO3. The molecule has 0 bridgehead atoms. The number of benzene rings is 2. The van der Waals surface area contributed by atoms with Gasteiger partial charge in [-0.1, -0.05) is 54.6 Å². The number of H-pyrrole nitrogens is 1. The number of carbonyl (C=O) groups excluding carboxylic acids is 2. The number of hydrogen-bond acceptors (Lipinski definition) is 3. The standard InChI is InChI=1S/C19H15NO3/c21-18(13-23-19(22)17-7-4-12-20-17)16-10-8-15(9-11-16)14-5-2-1-3-6-14/h1-12,20H,13H2. The molecule has 0 saturated heterocycles. The number of aromatic nitrogens is 1. The van der Waals surface area contributed by atoms with E-state index in [2.05, 4.69) is 4.98 Å². The van der Waals surface area contributed by atoms with Crippen LogP contribution in [0.3, 0.4) is 0 Å². The number of esters is 1. The third-order valence-electron chi connectivity index (χ3n) is 3.47. The van der Waals surface area contributed by atoms with Crippen LogP contribution in [0.5, 0.6) is 0 Å². The molecule has 0 saturated carbocycles. The van der Waals surface area contributed by atoms with E-state index in [0.717, 1.165) is 11.1 Å². The molecule has 1 N–H and O–H groups in total. The molecule has 0 aliphatic heterocycles. The Morgan fingerprint density at radius 3 is 2.17 bits per heavy atom. The van der Waals surface area contributed by atoms with E-state index < -0.39 is 5.97 Å². The Balaban J connectivity index is 1.63. The van der Waals surface area contributed by atoms with Crippen LogP contribution in [0.2, 0.25) is 0 Å². The van der Waals surface area contributed by atoms with Gasteiger partial charge in [-0.3, -0.25) is 4.79 Å². The van der Waals surface area contributed by atoms with E-state index in [4.69, 9.17) is 4.74 Å². The highest BCUT2D eigenvalue weighted by atomic mass is 16.5. The number of carbonyl (C=O) groups is 2. The van der Waals surface area contributed by atoms with Gasteiger partial charge in [-0.2, -0.15) is 0 Å². The van der Waals surface area contributed by atoms with Crippen molar-refractivity contribution < 1.29 is 14.3 Å². The maximum atomic E-state index is 12.1. The first-order valence-corrected chi connectivity index (χ1v) is 7.23. The first kappa shape index (κ1) is 14.8. The van der Waals surface area contributed by atoms with E-state index >= 15 is 0 Å². The molecule has 1 aromatic heterocycles. The molecule has 1 heterocycles. The average molecular weight is 305 g/mol. The lowest BCUT2D eigenvalue weighted by atomic mass is 10.0. The van der Waals surface area contributed by atoms with Crippen LogP contribution < -0.4 is 0 Å². The van der Waals surface area contributed by atoms with Gasteiger partial charge in [0, 0.05) is 11.8 Å². The van der Waals surface area contributed by atoms with Crippen molar-refractivity contribution in [1.29, 1.82) is 0 Å². The lowest BCUT2D eigenvalue weighted by Gasteiger charge is -2.05. The Labute approximate surface area is 133 Å². The molecule has 0 aliphatic rings. The molecule has 3 rings (SSSR count). The summed E-state index contributed by atoms with van der Waals surface area (Å²) < 4.78 is 5.00. The lowest BCUT2D eigenvalue weighted by Crippen LogP contribution is -2.14. The van der Waals surface area contributed by atoms with E-state index in [1.807, 2.05) is 42.5 Å². The Hall–Kier alpha value is -3.14. The summed E-state index contributed by atoms with van der Waals surface area (Å²) in [6, 6.07) is 20.5. The zero-order chi connectivity index (χ0) is 16.1. The van der Waals surface area contributed by atoms with Gasteiger partial charge in [0.2, 0.25) is 0 Å². The van der Waals surface area contributed by atoms with Gasteiger partial charge in [0.1, 0.15) is 5.69 Å². The predicted octanol–water partition coefficient (Wildman–Crippen LogP) is 3.72. The summed E-state index contributed by atoms with van der Waals surface area (Å²) in [7, 11) is 0. The summed E-state index contributed by atoms with van der Waals surface area (Å²) in [5.41, 5.74) is 2.97. The minimum Gasteiger partial charge on any atom is -0.453 e. The topological polar surface area (TPSA) is 59.2 Å². The average Bonchev–Trinajstić information content (AvgIpc) is 3.15. The van der Waals surface area contributed by atoms with Crippen molar-refractivity contribution in [2.45, 2.75) is 0 Å². The van der Waals surface area contributed by atoms with Crippen LogP contribution in [0.15, 0.2) is 72.9 Å². The molecule has 3 aromatic rings. The van der Waals surface area contributed by atoms with Gasteiger partial charge >= 0.3 is 5.97 Å². The summed E-state index contributed by atoms with van der Waals surface area (Å²) in [5, 5.41) is 0. The molecule has 2 aromatic carbocycles. The molecule has 0 fully saturated rings. The Morgan fingerprint density at radius 1 is 0.826 bits per heavy atom. The molecule has 114 valence electrons. The van der Waals surface area contributed by atoms with E-state index in [0.29, 0.717) is 11.3 Å². The van der Waals surface area contributed by atoms with Crippen molar-refractivity contribution in [1.82, 2.24) is 4.98 Å². The third-order valence-corrected chi connectivity index (χ3v) is 3.47. The molecule has 0 atom stereocenters. The molecule has 0 spiro atoms. The molecule has 0 radical (unpaired) electrons. The van der Waals surface area contributed by atoms with Crippen molar-refractivity contribution in [3.63, 3.8) is 0 Å². The van der Waals surface area contributed by atoms with Crippen molar-refractivity contribution >= 4 is 11.8 Å². The number of nitrogens with one attached hydrogen (secondary N) is 1. The highest BCUT2D eigenvalue weighted by molar-refractivity contribution is 5.99. The second kappa shape index (κ2) is 6.75. The van der Waals surface area contributed by atoms with Crippen LogP contribution in [0.4, 0.5) is 0 Å². The fourth-order valence-electron chi connectivity index (χ4n) is 2.23. The number of ether oxygens (including phenoxy) is 1. The first-order chi connectivity index (χ1) is 11.2. The molecule has 0 unspecified atom stereocenters. The molecule has 4 heteroatoms. The van der Waals surface area contributed by atoms with Crippen LogP contribution >= 0.6 is 0 Å². The van der Waals surface area contributed by atoms with Gasteiger partial charge in [-0.25, -0.2) is 4.79 Å². The van der Waals surface area contributed by atoms with Crippen LogP contribution in [0.25, 0.3) is 11.1 Å². The summed E-state index contributed by atoms with van der Waals surface area (Å²) in [4.78, 5) is 26.5. The maximum Gasteiger partial charge on any atom is 0.355 e. The van der Waals surface area contributed by atoms with Gasteiger partial charge in [0.05, 0.1) is 0 Å². The quantitative estimate of drug-likeness (QED) is 0.577. The molecule has 0 amide bonds. The van der Waals surface area contributed by atoms with Gasteiger partial charge in [-0.05, 0) is 23.3 Å². The normalized spacial score (nSPS) is 10.3. The van der Waals surface area contributed by atoms with Gasteiger partial charge < -0.3 is 9.72 Å². The third kappa shape index (κ3) is 3.55. The summed E-state index contributed by atoms with van der Waals surface area (Å²) >= 11 is 0. The number of ketones is 1. The molecule has 23 heavy (non-hydrogen) atoms. The highest BCUT2D eigenvalue weighted by Crippen LogP contribution is 2.19. The van der Waals surface area contributed by atoms with Crippen molar-refractivity contribution in [2.24, 2.45) is 0 Å². The zero-order valence-electron chi connectivity index (χ0n) is 12.4. The summed E-state index contributed by atoms with van der Waals surface area (Å²) in [6.07, 6.45) is 1.63. The Morgan fingerprint density at radius 2 is 1.52 bits per heavy atom. The number of aromatic amines is 1. The molecule has 0 aliphatic carbocycles. The summed E-state index contributed by atoms with van der Waals surface area (Å²) in [6.45, 7) is -0.275. The Kier molecular flexibility index (Phi) is 4.34. The van der Waals surface area contributed by atoms with E-state index in [-0.39, 0.29) is 12.4 Å². The van der Waals surface area contributed by atoms with Crippen LogP contribution in [0.1, 0.15) is 20.8 Å².